The number of nitrogens with zero attached hydrogens (tertiary/aromatic N) is 3. The van der Waals surface area contributed by atoms with Crippen molar-refractivity contribution in [2.24, 2.45) is 0 Å². The van der Waals surface area contributed by atoms with E-state index in [1.165, 1.54) is 0 Å². The summed E-state index contributed by atoms with van der Waals surface area (Å²) in [5, 5.41) is 3.55. The number of carbonyl (C=O) groups is 1. The third-order valence-electron chi connectivity index (χ3n) is 4.76. The number of hydrogen-bond acceptors (Lipinski definition) is 5. The first-order valence-electron chi connectivity index (χ1n) is 9.47. The topological polar surface area (TPSA) is 57.7 Å². The van der Waals surface area contributed by atoms with Gasteiger partial charge in [-0.05, 0) is 43.5 Å². The van der Waals surface area contributed by atoms with Crippen LogP contribution >= 0.6 is 0 Å². The highest BCUT2D eigenvalue weighted by atomic mass is 16.5. The summed E-state index contributed by atoms with van der Waals surface area (Å²) in [6.07, 6.45) is 4.82. The van der Waals surface area contributed by atoms with Gasteiger partial charge in [0, 0.05) is 33.2 Å². The van der Waals surface area contributed by atoms with Crippen LogP contribution in [0.3, 0.4) is 0 Å². The van der Waals surface area contributed by atoms with Gasteiger partial charge >= 0.3 is 0 Å². The van der Waals surface area contributed by atoms with E-state index in [0.717, 1.165) is 49.6 Å². The number of carbonyl (C=O) groups excluding carboxylic acids is 1. The Balaban J connectivity index is 1.47. The molecule has 6 heteroatoms. The number of pyridine rings is 1. The average molecular weight is 368 g/mol. The van der Waals surface area contributed by atoms with Crippen molar-refractivity contribution < 1.29 is 9.53 Å². The van der Waals surface area contributed by atoms with Crippen LogP contribution in [0.25, 0.3) is 0 Å². The summed E-state index contributed by atoms with van der Waals surface area (Å²) >= 11 is 0. The lowest BCUT2D eigenvalue weighted by Gasteiger charge is -2.21. The molecule has 1 atom stereocenters. The number of rotatable bonds is 6. The molecule has 144 valence electrons. The van der Waals surface area contributed by atoms with E-state index in [9.17, 15) is 4.79 Å². The molecule has 1 N–H and O–H groups in total. The number of likely N-dealkylation sites (tertiary alicyclic amines) is 1. The highest BCUT2D eigenvalue weighted by Gasteiger charge is 2.21. The number of para-hydroxylation sites is 1. The third kappa shape index (κ3) is 5.61. The van der Waals surface area contributed by atoms with Crippen LogP contribution in [0.15, 0.2) is 48.7 Å². The monoisotopic (exact) mass is 368 g/mol. The number of ether oxygens (including phenoxy) is 1. The minimum atomic E-state index is 0.0523. The van der Waals surface area contributed by atoms with Crippen molar-refractivity contribution in [3.63, 3.8) is 0 Å². The van der Waals surface area contributed by atoms with Crippen LogP contribution in [-0.4, -0.2) is 55.6 Å². The van der Waals surface area contributed by atoms with Gasteiger partial charge in [0.25, 0.3) is 5.91 Å². The Bertz CT molecular complexity index is 719. The minimum Gasteiger partial charge on any atom is -0.484 e. The van der Waals surface area contributed by atoms with Gasteiger partial charge in [0.05, 0.1) is 11.9 Å². The van der Waals surface area contributed by atoms with Crippen LogP contribution in [0.5, 0.6) is 5.75 Å². The molecule has 0 aliphatic carbocycles. The van der Waals surface area contributed by atoms with Crippen molar-refractivity contribution in [1.82, 2.24) is 9.88 Å². The largest absolute Gasteiger partial charge is 0.484 e. The number of anilines is 2. The zero-order valence-corrected chi connectivity index (χ0v) is 16.1. The standard InChI is InChI=1S/C21H28N4O2/c1-24(2)20-11-10-18(15-22-20)23-17-7-6-13-25(14-12-17)21(26)16-27-19-8-4-3-5-9-19/h3-5,8-11,15,17,23H,6-7,12-14,16H2,1-2H3/t17-/m1/s1. The first kappa shape index (κ1) is 19.0. The lowest BCUT2D eigenvalue weighted by atomic mass is 10.1. The van der Waals surface area contributed by atoms with E-state index < -0.39 is 0 Å². The molecule has 27 heavy (non-hydrogen) atoms. The zero-order valence-electron chi connectivity index (χ0n) is 16.1. The second-order valence-electron chi connectivity index (χ2n) is 7.05. The van der Waals surface area contributed by atoms with E-state index in [1.807, 2.05) is 66.5 Å². The number of nitrogens with one attached hydrogen (secondary N) is 1. The van der Waals surface area contributed by atoms with Crippen molar-refractivity contribution in [2.45, 2.75) is 25.3 Å². The molecule has 1 aromatic heterocycles. The summed E-state index contributed by atoms with van der Waals surface area (Å²) in [7, 11) is 3.96. The fraction of sp³-hybridized carbons (Fsp3) is 0.429. The van der Waals surface area contributed by atoms with E-state index in [2.05, 4.69) is 16.4 Å². The number of amides is 1. The Morgan fingerprint density at radius 3 is 2.70 bits per heavy atom. The van der Waals surface area contributed by atoms with E-state index in [4.69, 9.17) is 4.74 Å². The summed E-state index contributed by atoms with van der Waals surface area (Å²) in [4.78, 5) is 20.8. The first-order chi connectivity index (χ1) is 13.1. The fourth-order valence-corrected chi connectivity index (χ4v) is 3.21. The molecule has 1 aliphatic heterocycles. The van der Waals surface area contributed by atoms with Crippen LogP contribution < -0.4 is 15.0 Å². The zero-order chi connectivity index (χ0) is 19.1. The van der Waals surface area contributed by atoms with Gasteiger partial charge in [0.15, 0.2) is 6.61 Å². The predicted molar refractivity (Wildman–Crippen MR) is 108 cm³/mol. The van der Waals surface area contributed by atoms with Gasteiger partial charge in [-0.25, -0.2) is 4.98 Å². The molecule has 3 rings (SSSR count). The number of hydrogen-bond donors (Lipinski definition) is 1. The van der Waals surface area contributed by atoms with Crippen molar-refractivity contribution >= 4 is 17.4 Å². The molecule has 0 spiro atoms. The van der Waals surface area contributed by atoms with Gasteiger partial charge in [0.2, 0.25) is 0 Å². The van der Waals surface area contributed by atoms with Crippen molar-refractivity contribution in [3.05, 3.63) is 48.7 Å². The molecule has 6 nitrogen and oxygen atoms in total. The molecule has 1 amide bonds. The lowest BCUT2D eigenvalue weighted by molar-refractivity contribution is -0.133. The summed E-state index contributed by atoms with van der Waals surface area (Å²) < 4.78 is 5.60. The minimum absolute atomic E-state index is 0.0523. The molecule has 2 aromatic rings. The second-order valence-corrected chi connectivity index (χ2v) is 7.05. The molecule has 1 aliphatic rings. The van der Waals surface area contributed by atoms with Gasteiger partial charge in [-0.15, -0.1) is 0 Å². The van der Waals surface area contributed by atoms with Crippen LogP contribution in [0.1, 0.15) is 19.3 Å². The van der Waals surface area contributed by atoms with Gasteiger partial charge in [-0.2, -0.15) is 0 Å². The van der Waals surface area contributed by atoms with Crippen molar-refractivity contribution in [3.8, 4) is 5.75 Å². The van der Waals surface area contributed by atoms with Crippen LogP contribution in [0.2, 0.25) is 0 Å². The van der Waals surface area contributed by atoms with E-state index in [-0.39, 0.29) is 12.5 Å². The summed E-state index contributed by atoms with van der Waals surface area (Å²) in [5.74, 6) is 1.72. The maximum absolute atomic E-state index is 12.5. The molecule has 0 saturated carbocycles. The lowest BCUT2D eigenvalue weighted by Crippen LogP contribution is -2.36. The molecule has 1 aromatic carbocycles. The Morgan fingerprint density at radius 1 is 1.19 bits per heavy atom. The van der Waals surface area contributed by atoms with Gasteiger partial charge in [-0.3, -0.25) is 4.79 Å². The quantitative estimate of drug-likeness (QED) is 0.849. The van der Waals surface area contributed by atoms with Crippen LogP contribution in [-0.2, 0) is 4.79 Å². The molecule has 0 unspecified atom stereocenters. The highest BCUT2D eigenvalue weighted by molar-refractivity contribution is 5.77. The smallest absolute Gasteiger partial charge is 0.260 e. The Morgan fingerprint density at radius 2 is 2.00 bits per heavy atom. The maximum atomic E-state index is 12.5. The van der Waals surface area contributed by atoms with Crippen molar-refractivity contribution in [2.75, 3.05) is 44.0 Å². The first-order valence-corrected chi connectivity index (χ1v) is 9.47. The summed E-state index contributed by atoms with van der Waals surface area (Å²) in [6.45, 7) is 1.63. The molecule has 2 heterocycles. The summed E-state index contributed by atoms with van der Waals surface area (Å²) in [5.41, 5.74) is 1.03. The van der Waals surface area contributed by atoms with Crippen LogP contribution in [0.4, 0.5) is 11.5 Å². The Kier molecular flexibility index (Phi) is 6.52. The molecule has 1 fully saturated rings. The highest BCUT2D eigenvalue weighted by Crippen LogP contribution is 2.18. The van der Waals surface area contributed by atoms with Crippen LogP contribution in [0, 0.1) is 0 Å². The average Bonchev–Trinajstić information content (AvgIpc) is 2.93. The van der Waals surface area contributed by atoms with E-state index in [1.54, 1.807) is 0 Å². The Labute approximate surface area is 161 Å². The predicted octanol–water partition coefficient (Wildman–Crippen LogP) is 3.02. The second kappa shape index (κ2) is 9.26. The molecule has 1 saturated heterocycles. The molecule has 0 radical (unpaired) electrons. The fourth-order valence-electron chi connectivity index (χ4n) is 3.21. The number of benzene rings is 1. The Hall–Kier alpha value is -2.76. The maximum Gasteiger partial charge on any atom is 0.260 e. The molecular formula is C21H28N4O2. The van der Waals surface area contributed by atoms with E-state index in [0.29, 0.717) is 6.04 Å². The third-order valence-corrected chi connectivity index (χ3v) is 4.76. The SMILES string of the molecule is CN(C)c1ccc(N[C@@H]2CCCN(C(=O)COc3ccccc3)CC2)cn1. The summed E-state index contributed by atoms with van der Waals surface area (Å²) in [6, 6.07) is 13.9. The molecular weight excluding hydrogens is 340 g/mol. The normalized spacial score (nSPS) is 17.1. The molecule has 0 bridgehead atoms. The van der Waals surface area contributed by atoms with Gasteiger partial charge < -0.3 is 19.9 Å². The van der Waals surface area contributed by atoms with Gasteiger partial charge in [0.1, 0.15) is 11.6 Å². The van der Waals surface area contributed by atoms with Gasteiger partial charge in [-0.1, -0.05) is 18.2 Å². The van der Waals surface area contributed by atoms with E-state index >= 15 is 0 Å². The number of aromatic nitrogens is 1. The van der Waals surface area contributed by atoms with Crippen molar-refractivity contribution in [1.29, 1.82) is 0 Å².